The summed E-state index contributed by atoms with van der Waals surface area (Å²) in [4.78, 5) is 31.2. The Hall–Kier alpha value is -4.59. The molecular formula is C28H24N2O6. The summed E-state index contributed by atoms with van der Waals surface area (Å²) < 4.78 is 23.4. The molecule has 8 nitrogen and oxygen atoms in total. The van der Waals surface area contributed by atoms with Gasteiger partial charge in [-0.1, -0.05) is 12.1 Å². The number of carbonyl (C=O) groups is 2. The molecule has 0 saturated carbocycles. The van der Waals surface area contributed by atoms with Gasteiger partial charge in [0.1, 0.15) is 0 Å². The predicted molar refractivity (Wildman–Crippen MR) is 136 cm³/mol. The monoisotopic (exact) mass is 484 g/mol. The van der Waals surface area contributed by atoms with Crippen molar-refractivity contribution in [2.45, 2.75) is 6.92 Å². The molecule has 5 rings (SSSR count). The van der Waals surface area contributed by atoms with E-state index in [1.165, 1.54) is 21.3 Å². The van der Waals surface area contributed by atoms with E-state index in [-0.39, 0.29) is 12.4 Å². The number of hydrogen-bond donors (Lipinski definition) is 0. The number of nitrogens with zero attached hydrogens (tertiary/aromatic N) is 2. The zero-order chi connectivity index (χ0) is 25.4. The first kappa shape index (κ1) is 23.2. The lowest BCUT2D eigenvalue weighted by molar-refractivity contribution is 0.0529. The third-order valence-corrected chi connectivity index (χ3v) is 6.15. The summed E-state index contributed by atoms with van der Waals surface area (Å²) in [5.41, 5.74) is 3.09. The van der Waals surface area contributed by atoms with Crippen molar-refractivity contribution in [3.05, 3.63) is 77.6 Å². The summed E-state index contributed by atoms with van der Waals surface area (Å²) in [5, 5.41) is 1.84. The first-order chi connectivity index (χ1) is 17.5. The number of methoxy groups -OCH3 is 3. The van der Waals surface area contributed by atoms with Crippen LogP contribution in [0, 0.1) is 0 Å². The second-order valence-electron chi connectivity index (χ2n) is 8.03. The van der Waals surface area contributed by atoms with Gasteiger partial charge < -0.3 is 23.3 Å². The van der Waals surface area contributed by atoms with Gasteiger partial charge in [0.2, 0.25) is 11.5 Å². The fraction of sp³-hybridized carbons (Fsp3) is 0.179. The molecule has 3 aromatic heterocycles. The van der Waals surface area contributed by atoms with E-state index in [4.69, 9.17) is 18.9 Å². The number of ketones is 1. The molecule has 36 heavy (non-hydrogen) atoms. The maximum atomic E-state index is 14.0. The summed E-state index contributed by atoms with van der Waals surface area (Å²) in [6.45, 7) is 1.96. The molecule has 0 N–H and O–H groups in total. The normalized spacial score (nSPS) is 11.1. The third-order valence-electron chi connectivity index (χ3n) is 6.15. The minimum absolute atomic E-state index is 0.218. The number of aromatic nitrogens is 2. The molecular weight excluding hydrogens is 460 g/mol. The van der Waals surface area contributed by atoms with Crippen molar-refractivity contribution in [3.63, 3.8) is 0 Å². The summed E-state index contributed by atoms with van der Waals surface area (Å²) >= 11 is 0. The van der Waals surface area contributed by atoms with Crippen LogP contribution in [0.1, 0.15) is 33.3 Å². The van der Waals surface area contributed by atoms with Crippen molar-refractivity contribution < 1.29 is 28.5 Å². The number of ether oxygens (including phenoxy) is 4. The highest BCUT2D eigenvalue weighted by Gasteiger charge is 2.25. The highest BCUT2D eigenvalue weighted by Crippen LogP contribution is 2.39. The molecule has 0 fully saturated rings. The molecule has 0 atom stereocenters. The average molecular weight is 485 g/mol. The minimum atomic E-state index is -0.499. The molecule has 0 bridgehead atoms. The fourth-order valence-electron chi connectivity index (χ4n) is 4.54. The third kappa shape index (κ3) is 3.58. The summed E-state index contributed by atoms with van der Waals surface area (Å²) in [6.07, 6.45) is 1.74. The minimum Gasteiger partial charge on any atom is -0.493 e. The van der Waals surface area contributed by atoms with Gasteiger partial charge in [-0.2, -0.15) is 0 Å². The second kappa shape index (κ2) is 9.22. The van der Waals surface area contributed by atoms with E-state index >= 15 is 0 Å². The van der Waals surface area contributed by atoms with E-state index in [0.29, 0.717) is 39.6 Å². The van der Waals surface area contributed by atoms with Crippen LogP contribution < -0.4 is 14.2 Å². The average Bonchev–Trinajstić information content (AvgIpc) is 3.32. The summed E-state index contributed by atoms with van der Waals surface area (Å²) in [5.74, 6) is 0.273. The molecule has 0 aliphatic carbocycles. The zero-order valence-electron chi connectivity index (χ0n) is 20.3. The predicted octanol–water partition coefficient (Wildman–Crippen LogP) is 5.07. The molecule has 0 spiro atoms. The van der Waals surface area contributed by atoms with E-state index in [1.807, 2.05) is 36.4 Å². The van der Waals surface area contributed by atoms with Gasteiger partial charge in [0.15, 0.2) is 11.5 Å². The number of fused-ring (bicyclic) bond motifs is 5. The number of pyridine rings is 2. The Bertz CT molecular complexity index is 1630. The van der Waals surface area contributed by atoms with E-state index in [9.17, 15) is 9.59 Å². The van der Waals surface area contributed by atoms with Crippen LogP contribution in [-0.2, 0) is 4.74 Å². The van der Waals surface area contributed by atoms with Crippen LogP contribution >= 0.6 is 0 Å². The molecule has 0 saturated heterocycles. The Morgan fingerprint density at radius 1 is 0.861 bits per heavy atom. The van der Waals surface area contributed by atoms with Gasteiger partial charge in [-0.15, -0.1) is 0 Å². The molecule has 3 heterocycles. The Morgan fingerprint density at radius 3 is 2.25 bits per heavy atom. The number of carbonyl (C=O) groups excluding carboxylic acids is 2. The molecule has 5 aromatic rings. The molecule has 8 heteroatoms. The quantitative estimate of drug-likeness (QED) is 0.181. The number of benzene rings is 2. The van der Waals surface area contributed by atoms with Gasteiger partial charge in [-0.05, 0) is 49.4 Å². The van der Waals surface area contributed by atoms with Crippen molar-refractivity contribution in [2.24, 2.45) is 0 Å². The standard InChI is InChI=1S/C28H24N2O6/c1-5-36-28(32)19-15-23(26(31)16-13-24(33-2)27(35-4)25(14-16)34-3)30-21-11-9-20-17(7-6-12-29-20)18(21)8-10-22(19)30/h6-15H,5H2,1-4H3. The van der Waals surface area contributed by atoms with E-state index in [1.54, 1.807) is 35.7 Å². The van der Waals surface area contributed by atoms with E-state index < -0.39 is 5.97 Å². The molecule has 0 amide bonds. The highest BCUT2D eigenvalue weighted by molar-refractivity contribution is 6.14. The lowest BCUT2D eigenvalue weighted by atomic mass is 10.1. The highest BCUT2D eigenvalue weighted by atomic mass is 16.5. The Labute approximate surface area is 207 Å². The van der Waals surface area contributed by atoms with E-state index in [0.717, 1.165) is 21.8 Å². The summed E-state index contributed by atoms with van der Waals surface area (Å²) in [7, 11) is 4.48. The molecule has 182 valence electrons. The largest absolute Gasteiger partial charge is 0.493 e. The van der Waals surface area contributed by atoms with E-state index in [2.05, 4.69) is 4.98 Å². The number of hydrogen-bond acceptors (Lipinski definition) is 7. The number of rotatable bonds is 7. The maximum Gasteiger partial charge on any atom is 0.340 e. The van der Waals surface area contributed by atoms with Gasteiger partial charge in [-0.25, -0.2) is 4.79 Å². The van der Waals surface area contributed by atoms with Crippen LogP contribution in [0.3, 0.4) is 0 Å². The van der Waals surface area contributed by atoms with Crippen molar-refractivity contribution in [1.82, 2.24) is 9.38 Å². The van der Waals surface area contributed by atoms with Crippen LogP contribution in [0.25, 0.3) is 27.3 Å². The van der Waals surface area contributed by atoms with Gasteiger partial charge >= 0.3 is 5.97 Å². The topological polar surface area (TPSA) is 88.4 Å². The first-order valence-electron chi connectivity index (χ1n) is 11.4. The van der Waals surface area contributed by atoms with Crippen molar-refractivity contribution in [1.29, 1.82) is 0 Å². The first-order valence-corrected chi connectivity index (χ1v) is 11.4. The van der Waals surface area contributed by atoms with Crippen LogP contribution in [0.4, 0.5) is 0 Å². The van der Waals surface area contributed by atoms with Crippen LogP contribution in [-0.4, -0.2) is 49.1 Å². The van der Waals surface area contributed by atoms with Crippen LogP contribution in [0.15, 0.2) is 60.8 Å². The number of esters is 1. The smallest absolute Gasteiger partial charge is 0.340 e. The lowest BCUT2D eigenvalue weighted by Gasteiger charge is -2.14. The second-order valence-corrected chi connectivity index (χ2v) is 8.03. The van der Waals surface area contributed by atoms with Crippen molar-refractivity contribution >= 4 is 39.1 Å². The van der Waals surface area contributed by atoms with Gasteiger partial charge in [-0.3, -0.25) is 9.78 Å². The fourth-order valence-corrected chi connectivity index (χ4v) is 4.54. The lowest BCUT2D eigenvalue weighted by Crippen LogP contribution is -2.07. The Kier molecular flexibility index (Phi) is 5.93. The molecule has 0 aliphatic rings. The van der Waals surface area contributed by atoms with Crippen molar-refractivity contribution in [2.75, 3.05) is 27.9 Å². The maximum absolute atomic E-state index is 14.0. The SMILES string of the molecule is CCOC(=O)c1cc(C(=O)c2cc(OC)c(OC)c(OC)c2)n2c1ccc1c3cccnc3ccc12. The summed E-state index contributed by atoms with van der Waals surface area (Å²) in [6, 6.07) is 16.2. The Balaban J connectivity index is 1.82. The van der Waals surface area contributed by atoms with Gasteiger partial charge in [0.25, 0.3) is 0 Å². The molecule has 0 radical (unpaired) electrons. The van der Waals surface area contributed by atoms with Crippen LogP contribution in [0.2, 0.25) is 0 Å². The van der Waals surface area contributed by atoms with Gasteiger partial charge in [0.05, 0.1) is 55.7 Å². The van der Waals surface area contributed by atoms with Crippen molar-refractivity contribution in [3.8, 4) is 17.2 Å². The zero-order valence-corrected chi connectivity index (χ0v) is 20.3. The molecule has 0 aliphatic heterocycles. The molecule has 2 aromatic carbocycles. The molecule has 0 unspecified atom stereocenters. The van der Waals surface area contributed by atoms with Crippen LogP contribution in [0.5, 0.6) is 17.2 Å². The Morgan fingerprint density at radius 2 is 1.58 bits per heavy atom. The van der Waals surface area contributed by atoms with Gasteiger partial charge in [0, 0.05) is 22.5 Å².